The van der Waals surface area contributed by atoms with Gasteiger partial charge in [-0.05, 0) is 50.6 Å². The van der Waals surface area contributed by atoms with Gasteiger partial charge in [0.25, 0.3) is 5.91 Å². The van der Waals surface area contributed by atoms with Crippen LogP contribution in [-0.4, -0.2) is 46.6 Å². The smallest absolute Gasteiger partial charge is 0.259 e. The Bertz CT molecular complexity index is 954. The van der Waals surface area contributed by atoms with E-state index >= 15 is 0 Å². The molecule has 1 amide bonds. The van der Waals surface area contributed by atoms with Crippen LogP contribution in [0.5, 0.6) is 5.75 Å². The number of carbonyl (C=O) groups excluding carboxylic acids is 1. The first-order chi connectivity index (χ1) is 12.5. The standard InChI is InChI=1S/C19H22N4O2S/c1-12-9-17(26-18(12)19(20)24)23-11-21-15-4-3-14(10-16(15)23)25-13-5-7-22(2)8-6-13/h3-4,9-11,13H,5-8H2,1-2H3,(H2,20,24). The first-order valence-electron chi connectivity index (χ1n) is 8.74. The Morgan fingerprint density at radius 1 is 1.31 bits per heavy atom. The van der Waals surface area contributed by atoms with Gasteiger partial charge in [-0.25, -0.2) is 4.98 Å². The van der Waals surface area contributed by atoms with Crippen molar-refractivity contribution in [3.05, 3.63) is 41.0 Å². The molecule has 6 nitrogen and oxygen atoms in total. The zero-order valence-corrected chi connectivity index (χ0v) is 15.8. The normalized spacial score (nSPS) is 16.2. The monoisotopic (exact) mass is 370 g/mol. The minimum Gasteiger partial charge on any atom is -0.490 e. The lowest BCUT2D eigenvalue weighted by Gasteiger charge is -2.29. The van der Waals surface area contributed by atoms with E-state index in [1.54, 1.807) is 6.33 Å². The van der Waals surface area contributed by atoms with Gasteiger partial charge in [-0.2, -0.15) is 0 Å². The van der Waals surface area contributed by atoms with Gasteiger partial charge in [0.2, 0.25) is 0 Å². The Balaban J connectivity index is 1.64. The molecule has 0 saturated carbocycles. The molecule has 7 heteroatoms. The number of amides is 1. The number of ether oxygens (including phenoxy) is 1. The highest BCUT2D eigenvalue weighted by atomic mass is 32.1. The van der Waals surface area contributed by atoms with E-state index in [4.69, 9.17) is 10.5 Å². The molecule has 1 aromatic carbocycles. The van der Waals surface area contributed by atoms with Gasteiger partial charge in [-0.15, -0.1) is 11.3 Å². The first-order valence-corrected chi connectivity index (χ1v) is 9.56. The first kappa shape index (κ1) is 17.1. The van der Waals surface area contributed by atoms with Crippen LogP contribution in [0.25, 0.3) is 16.0 Å². The summed E-state index contributed by atoms with van der Waals surface area (Å²) in [6.45, 7) is 4.03. The molecule has 0 radical (unpaired) electrons. The third-order valence-corrected chi connectivity index (χ3v) is 6.10. The average Bonchev–Trinajstić information content (AvgIpc) is 3.20. The number of aromatic nitrogens is 2. The summed E-state index contributed by atoms with van der Waals surface area (Å²) in [7, 11) is 2.14. The van der Waals surface area contributed by atoms with Crippen LogP contribution in [0.2, 0.25) is 0 Å². The minimum absolute atomic E-state index is 0.255. The van der Waals surface area contributed by atoms with Gasteiger partial charge in [0.15, 0.2) is 0 Å². The predicted molar refractivity (Wildman–Crippen MR) is 103 cm³/mol. The lowest BCUT2D eigenvalue weighted by Crippen LogP contribution is -2.35. The maximum absolute atomic E-state index is 11.6. The molecular formula is C19H22N4O2S. The van der Waals surface area contributed by atoms with Gasteiger partial charge in [0.05, 0.1) is 15.9 Å². The molecule has 0 aliphatic carbocycles. The summed E-state index contributed by atoms with van der Waals surface area (Å²) in [5, 5.41) is 0.926. The van der Waals surface area contributed by atoms with E-state index in [9.17, 15) is 4.79 Å². The van der Waals surface area contributed by atoms with Crippen LogP contribution in [0.4, 0.5) is 0 Å². The van der Waals surface area contributed by atoms with E-state index in [-0.39, 0.29) is 6.10 Å². The quantitative estimate of drug-likeness (QED) is 0.766. The topological polar surface area (TPSA) is 73.4 Å². The van der Waals surface area contributed by atoms with Gasteiger partial charge in [0, 0.05) is 19.2 Å². The SMILES string of the molecule is Cc1cc(-n2cnc3ccc(OC4CCN(C)CC4)cc32)sc1C(N)=O. The van der Waals surface area contributed by atoms with Crippen LogP contribution in [0.1, 0.15) is 28.1 Å². The molecule has 1 fully saturated rings. The molecule has 1 saturated heterocycles. The van der Waals surface area contributed by atoms with Gasteiger partial charge >= 0.3 is 0 Å². The van der Waals surface area contributed by atoms with E-state index in [0.29, 0.717) is 4.88 Å². The molecule has 2 N–H and O–H groups in total. The maximum Gasteiger partial charge on any atom is 0.259 e. The number of nitrogens with two attached hydrogens (primary N) is 1. The Morgan fingerprint density at radius 3 is 2.77 bits per heavy atom. The molecule has 0 bridgehead atoms. The number of carbonyl (C=O) groups is 1. The molecule has 26 heavy (non-hydrogen) atoms. The number of imidazole rings is 1. The average molecular weight is 370 g/mol. The fraction of sp³-hybridized carbons (Fsp3) is 0.368. The molecule has 2 aromatic heterocycles. The Morgan fingerprint density at radius 2 is 2.08 bits per heavy atom. The van der Waals surface area contributed by atoms with Gasteiger partial charge in [-0.3, -0.25) is 9.36 Å². The fourth-order valence-corrected chi connectivity index (χ4v) is 4.37. The zero-order valence-electron chi connectivity index (χ0n) is 14.9. The molecule has 0 spiro atoms. The second-order valence-corrected chi connectivity index (χ2v) is 7.88. The lowest BCUT2D eigenvalue weighted by molar-refractivity contribution is 0.100. The summed E-state index contributed by atoms with van der Waals surface area (Å²) >= 11 is 1.38. The molecule has 1 aliphatic rings. The molecule has 3 aromatic rings. The number of hydrogen-bond donors (Lipinski definition) is 1. The van der Waals surface area contributed by atoms with Crippen molar-refractivity contribution in [1.82, 2.24) is 14.5 Å². The van der Waals surface area contributed by atoms with Crippen LogP contribution >= 0.6 is 11.3 Å². The Kier molecular flexibility index (Phi) is 4.42. The third kappa shape index (κ3) is 3.20. The largest absolute Gasteiger partial charge is 0.490 e. The van der Waals surface area contributed by atoms with Crippen LogP contribution in [0.3, 0.4) is 0 Å². The Hall–Kier alpha value is -2.38. The van der Waals surface area contributed by atoms with Crippen molar-refractivity contribution in [3.8, 4) is 10.8 Å². The van der Waals surface area contributed by atoms with Crippen LogP contribution < -0.4 is 10.5 Å². The van der Waals surface area contributed by atoms with Gasteiger partial charge in [-0.1, -0.05) is 0 Å². The number of primary amides is 1. The van der Waals surface area contributed by atoms with Crippen molar-refractivity contribution in [3.63, 3.8) is 0 Å². The molecule has 1 aliphatic heterocycles. The fourth-order valence-electron chi connectivity index (χ4n) is 3.36. The van der Waals surface area contributed by atoms with Crippen molar-refractivity contribution in [1.29, 1.82) is 0 Å². The summed E-state index contributed by atoms with van der Waals surface area (Å²) in [6.07, 6.45) is 4.12. The molecule has 0 atom stereocenters. The number of benzene rings is 1. The van der Waals surface area contributed by atoms with Crippen molar-refractivity contribution < 1.29 is 9.53 Å². The van der Waals surface area contributed by atoms with Gasteiger partial charge in [0.1, 0.15) is 23.2 Å². The van der Waals surface area contributed by atoms with E-state index in [1.165, 1.54) is 11.3 Å². The van der Waals surface area contributed by atoms with Crippen LogP contribution in [0.15, 0.2) is 30.6 Å². The maximum atomic E-state index is 11.6. The second-order valence-electron chi connectivity index (χ2n) is 6.85. The van der Waals surface area contributed by atoms with E-state index < -0.39 is 5.91 Å². The predicted octanol–water partition coefficient (Wildman–Crippen LogP) is 2.97. The molecule has 0 unspecified atom stereocenters. The number of aryl methyl sites for hydroxylation is 1. The summed E-state index contributed by atoms with van der Waals surface area (Å²) in [4.78, 5) is 18.9. The number of fused-ring (bicyclic) bond motifs is 1. The highest BCUT2D eigenvalue weighted by Gasteiger charge is 2.19. The molecule has 136 valence electrons. The number of nitrogens with zero attached hydrogens (tertiary/aromatic N) is 3. The van der Waals surface area contributed by atoms with Crippen molar-refractivity contribution in [2.24, 2.45) is 5.73 Å². The summed E-state index contributed by atoms with van der Waals surface area (Å²) in [5.41, 5.74) is 8.20. The third-order valence-electron chi connectivity index (χ3n) is 4.85. The number of likely N-dealkylation sites (tertiary alicyclic amines) is 1. The minimum atomic E-state index is -0.394. The number of hydrogen-bond acceptors (Lipinski definition) is 5. The van der Waals surface area contributed by atoms with E-state index in [0.717, 1.165) is 53.3 Å². The van der Waals surface area contributed by atoms with Crippen LogP contribution in [0, 0.1) is 6.92 Å². The van der Waals surface area contributed by atoms with Gasteiger partial charge < -0.3 is 15.4 Å². The highest BCUT2D eigenvalue weighted by Crippen LogP contribution is 2.30. The second kappa shape index (κ2) is 6.74. The molecule has 3 heterocycles. The van der Waals surface area contributed by atoms with Crippen molar-refractivity contribution in [2.75, 3.05) is 20.1 Å². The number of thiophene rings is 1. The molecule has 4 rings (SSSR count). The summed E-state index contributed by atoms with van der Waals surface area (Å²) in [6, 6.07) is 7.95. The van der Waals surface area contributed by atoms with Crippen molar-refractivity contribution >= 4 is 28.3 Å². The lowest BCUT2D eigenvalue weighted by atomic mass is 10.1. The number of piperidine rings is 1. The summed E-state index contributed by atoms with van der Waals surface area (Å²) in [5.74, 6) is 0.465. The van der Waals surface area contributed by atoms with Crippen molar-refractivity contribution in [2.45, 2.75) is 25.9 Å². The highest BCUT2D eigenvalue weighted by molar-refractivity contribution is 7.16. The number of rotatable bonds is 4. The van der Waals surface area contributed by atoms with Crippen LogP contribution in [-0.2, 0) is 0 Å². The Labute approximate surface area is 156 Å². The van der Waals surface area contributed by atoms with E-state index in [2.05, 4.69) is 16.9 Å². The summed E-state index contributed by atoms with van der Waals surface area (Å²) < 4.78 is 8.19. The van der Waals surface area contributed by atoms with E-state index in [1.807, 2.05) is 35.8 Å². The zero-order chi connectivity index (χ0) is 18.3. The molecular weight excluding hydrogens is 348 g/mol.